The van der Waals surface area contributed by atoms with Gasteiger partial charge >= 0.3 is 0 Å². The molecule has 1 aromatic carbocycles. The van der Waals surface area contributed by atoms with E-state index in [1.165, 1.54) is 0 Å². The summed E-state index contributed by atoms with van der Waals surface area (Å²) >= 11 is 0. The van der Waals surface area contributed by atoms with Crippen LogP contribution in [0.2, 0.25) is 0 Å². The van der Waals surface area contributed by atoms with E-state index in [4.69, 9.17) is 9.47 Å². The highest BCUT2D eigenvalue weighted by atomic mass is 32.2. The van der Waals surface area contributed by atoms with Crippen LogP contribution < -0.4 is 4.72 Å². The molecule has 1 fully saturated rings. The van der Waals surface area contributed by atoms with Gasteiger partial charge in [0.25, 0.3) is 0 Å². The van der Waals surface area contributed by atoms with Crippen LogP contribution in [0.15, 0.2) is 29.2 Å². The zero-order chi connectivity index (χ0) is 13.9. The monoisotopic (exact) mass is 285 g/mol. The van der Waals surface area contributed by atoms with Gasteiger partial charge in [0.1, 0.15) is 5.60 Å². The van der Waals surface area contributed by atoms with Crippen molar-refractivity contribution in [3.8, 4) is 0 Å². The highest BCUT2D eigenvalue weighted by Gasteiger charge is 2.36. The third kappa shape index (κ3) is 3.14. The average Bonchev–Trinajstić information content (AvgIpc) is 2.86. The van der Waals surface area contributed by atoms with Gasteiger partial charge in [-0.15, -0.1) is 0 Å². The Morgan fingerprint density at radius 1 is 1.42 bits per heavy atom. The molecule has 19 heavy (non-hydrogen) atoms. The summed E-state index contributed by atoms with van der Waals surface area (Å²) in [5, 5.41) is 0. The second-order valence-electron chi connectivity index (χ2n) is 4.78. The van der Waals surface area contributed by atoms with Crippen molar-refractivity contribution in [2.24, 2.45) is 0 Å². The SMILES string of the molecule is COC1(CNS(=O)(=O)c2ccccc2C)CCOC1. The highest BCUT2D eigenvalue weighted by Crippen LogP contribution is 2.22. The summed E-state index contributed by atoms with van der Waals surface area (Å²) in [4.78, 5) is 0.306. The van der Waals surface area contributed by atoms with E-state index in [0.29, 0.717) is 24.5 Å². The summed E-state index contributed by atoms with van der Waals surface area (Å²) in [6, 6.07) is 6.91. The van der Waals surface area contributed by atoms with Crippen molar-refractivity contribution in [3.63, 3.8) is 0 Å². The van der Waals surface area contributed by atoms with Gasteiger partial charge in [-0.05, 0) is 18.6 Å². The highest BCUT2D eigenvalue weighted by molar-refractivity contribution is 7.89. The van der Waals surface area contributed by atoms with Gasteiger partial charge in [-0.2, -0.15) is 0 Å². The molecule has 6 heteroatoms. The number of aryl methyl sites for hydroxylation is 1. The summed E-state index contributed by atoms with van der Waals surface area (Å²) in [5.74, 6) is 0. The van der Waals surface area contributed by atoms with Crippen LogP contribution in [0, 0.1) is 6.92 Å². The van der Waals surface area contributed by atoms with Gasteiger partial charge in [0.2, 0.25) is 10.0 Å². The van der Waals surface area contributed by atoms with E-state index in [-0.39, 0.29) is 6.54 Å². The van der Waals surface area contributed by atoms with Crippen LogP contribution in [-0.2, 0) is 19.5 Å². The predicted octanol–water partition coefficient (Wildman–Crippen LogP) is 1.08. The summed E-state index contributed by atoms with van der Waals surface area (Å²) in [7, 11) is -1.93. The van der Waals surface area contributed by atoms with E-state index in [0.717, 1.165) is 5.56 Å². The Morgan fingerprint density at radius 2 is 2.16 bits per heavy atom. The fourth-order valence-corrected chi connectivity index (χ4v) is 3.48. The van der Waals surface area contributed by atoms with Crippen molar-refractivity contribution in [1.82, 2.24) is 4.72 Å². The number of hydrogen-bond acceptors (Lipinski definition) is 4. The Hall–Kier alpha value is -0.950. The molecule has 0 aromatic heterocycles. The Bertz CT molecular complexity index is 535. The van der Waals surface area contributed by atoms with Crippen molar-refractivity contribution >= 4 is 10.0 Å². The third-order valence-corrected chi connectivity index (χ3v) is 5.03. The zero-order valence-corrected chi connectivity index (χ0v) is 12.0. The van der Waals surface area contributed by atoms with Gasteiger partial charge in [0.05, 0.1) is 11.5 Å². The molecule has 1 aromatic rings. The Balaban J connectivity index is 2.12. The number of sulfonamides is 1. The van der Waals surface area contributed by atoms with Gasteiger partial charge in [0.15, 0.2) is 0 Å². The van der Waals surface area contributed by atoms with Crippen molar-refractivity contribution in [3.05, 3.63) is 29.8 Å². The van der Waals surface area contributed by atoms with E-state index in [2.05, 4.69) is 4.72 Å². The standard InChI is InChI=1S/C13H19NO4S/c1-11-5-3-4-6-12(11)19(15,16)14-9-13(17-2)7-8-18-10-13/h3-6,14H,7-10H2,1-2H3. The molecule has 106 valence electrons. The normalized spacial score (nSPS) is 23.7. The van der Waals surface area contributed by atoms with Crippen LogP contribution in [0.25, 0.3) is 0 Å². The van der Waals surface area contributed by atoms with Crippen molar-refractivity contribution in [2.45, 2.75) is 23.8 Å². The first-order valence-electron chi connectivity index (χ1n) is 6.17. The van der Waals surface area contributed by atoms with E-state index < -0.39 is 15.6 Å². The molecule has 0 saturated carbocycles. The van der Waals surface area contributed by atoms with Crippen LogP contribution >= 0.6 is 0 Å². The largest absolute Gasteiger partial charge is 0.378 e. The van der Waals surface area contributed by atoms with Crippen molar-refractivity contribution < 1.29 is 17.9 Å². The van der Waals surface area contributed by atoms with Gasteiger partial charge in [-0.3, -0.25) is 0 Å². The summed E-state index contributed by atoms with van der Waals surface area (Å²) in [6.45, 7) is 3.01. The molecule has 1 aliphatic heterocycles. The van der Waals surface area contributed by atoms with Crippen molar-refractivity contribution in [1.29, 1.82) is 0 Å². The van der Waals surface area contributed by atoms with E-state index in [1.54, 1.807) is 32.2 Å². The Kier molecular flexibility index (Phi) is 4.25. The summed E-state index contributed by atoms with van der Waals surface area (Å²) in [6.07, 6.45) is 0.694. The molecule has 0 amide bonds. The maximum absolute atomic E-state index is 12.3. The van der Waals surface area contributed by atoms with E-state index in [9.17, 15) is 8.42 Å². The molecular weight excluding hydrogens is 266 g/mol. The van der Waals surface area contributed by atoms with Gasteiger partial charge in [-0.25, -0.2) is 13.1 Å². The lowest BCUT2D eigenvalue weighted by atomic mass is 10.0. The second-order valence-corrected chi connectivity index (χ2v) is 6.52. The van der Waals surface area contributed by atoms with Crippen LogP contribution in [-0.4, -0.2) is 40.9 Å². The minimum absolute atomic E-state index is 0.222. The molecule has 1 saturated heterocycles. The molecule has 5 nitrogen and oxygen atoms in total. The lowest BCUT2D eigenvalue weighted by Crippen LogP contribution is -2.45. The minimum atomic E-state index is -3.51. The van der Waals surface area contributed by atoms with Crippen LogP contribution in [0.5, 0.6) is 0 Å². The molecule has 0 bridgehead atoms. The molecule has 1 atom stereocenters. The van der Waals surface area contributed by atoms with E-state index >= 15 is 0 Å². The predicted molar refractivity (Wildman–Crippen MR) is 71.5 cm³/mol. The first-order valence-corrected chi connectivity index (χ1v) is 7.66. The number of nitrogens with one attached hydrogen (secondary N) is 1. The molecule has 1 heterocycles. The lowest BCUT2D eigenvalue weighted by molar-refractivity contribution is -0.0120. The van der Waals surface area contributed by atoms with Crippen LogP contribution in [0.4, 0.5) is 0 Å². The maximum Gasteiger partial charge on any atom is 0.240 e. The van der Waals surface area contributed by atoms with Crippen molar-refractivity contribution in [2.75, 3.05) is 26.9 Å². The third-order valence-electron chi connectivity index (χ3n) is 3.47. The maximum atomic E-state index is 12.3. The smallest absolute Gasteiger partial charge is 0.240 e. The second kappa shape index (κ2) is 5.58. The molecule has 0 radical (unpaired) electrons. The summed E-state index contributed by atoms with van der Waals surface area (Å²) in [5.41, 5.74) is 0.180. The van der Waals surface area contributed by atoms with Crippen LogP contribution in [0.1, 0.15) is 12.0 Å². The first kappa shape index (κ1) is 14.5. The van der Waals surface area contributed by atoms with Gasteiger partial charge in [-0.1, -0.05) is 18.2 Å². The molecule has 1 aliphatic rings. The van der Waals surface area contributed by atoms with Gasteiger partial charge < -0.3 is 9.47 Å². The van der Waals surface area contributed by atoms with Gasteiger partial charge in [0, 0.05) is 26.7 Å². The Morgan fingerprint density at radius 3 is 2.74 bits per heavy atom. The molecule has 0 spiro atoms. The summed E-state index contributed by atoms with van der Waals surface area (Å²) < 4.78 is 37.8. The molecule has 1 unspecified atom stereocenters. The Labute approximate surface area is 114 Å². The fraction of sp³-hybridized carbons (Fsp3) is 0.538. The molecule has 2 rings (SSSR count). The molecule has 0 aliphatic carbocycles. The number of methoxy groups -OCH3 is 1. The topological polar surface area (TPSA) is 64.6 Å². The fourth-order valence-electron chi connectivity index (χ4n) is 2.12. The van der Waals surface area contributed by atoms with Crippen LogP contribution in [0.3, 0.4) is 0 Å². The molecule has 1 N–H and O–H groups in total. The first-order chi connectivity index (χ1) is 8.99. The number of ether oxygens (including phenoxy) is 2. The average molecular weight is 285 g/mol. The minimum Gasteiger partial charge on any atom is -0.378 e. The number of benzene rings is 1. The number of hydrogen-bond donors (Lipinski definition) is 1. The lowest BCUT2D eigenvalue weighted by Gasteiger charge is -2.25. The number of rotatable bonds is 5. The molecular formula is C13H19NO4S. The zero-order valence-electron chi connectivity index (χ0n) is 11.2. The van der Waals surface area contributed by atoms with E-state index in [1.807, 2.05) is 6.07 Å². The quantitative estimate of drug-likeness (QED) is 0.879.